The molecule has 2 aliphatic rings. The molecule has 1 N–H and O–H groups in total. The van der Waals surface area contributed by atoms with Crippen LogP contribution in [0.15, 0.2) is 12.1 Å². The van der Waals surface area contributed by atoms with E-state index in [9.17, 15) is 8.78 Å². The van der Waals surface area contributed by atoms with Crippen LogP contribution in [0.25, 0.3) is 0 Å². The third-order valence-electron chi connectivity index (χ3n) is 4.98. The van der Waals surface area contributed by atoms with Crippen LogP contribution in [0.3, 0.4) is 0 Å². The van der Waals surface area contributed by atoms with Crippen LogP contribution in [0.4, 0.5) is 8.78 Å². The van der Waals surface area contributed by atoms with Gasteiger partial charge in [-0.3, -0.25) is 4.90 Å². The van der Waals surface area contributed by atoms with Gasteiger partial charge in [0.05, 0.1) is 0 Å². The van der Waals surface area contributed by atoms with E-state index >= 15 is 0 Å². The molecule has 2 nitrogen and oxygen atoms in total. The average Bonchev–Trinajstić information content (AvgIpc) is 2.52. The maximum absolute atomic E-state index is 14.5. The lowest BCUT2D eigenvalue weighted by Crippen LogP contribution is -2.47. The Labute approximate surface area is 135 Å². The maximum Gasteiger partial charge on any atom is 0.132 e. The van der Waals surface area contributed by atoms with Crippen LogP contribution < -0.4 is 5.32 Å². The Morgan fingerprint density at radius 3 is 2.23 bits per heavy atom. The minimum absolute atomic E-state index is 0.126. The molecule has 0 amide bonds. The van der Waals surface area contributed by atoms with Crippen LogP contribution in [-0.2, 0) is 0 Å². The van der Waals surface area contributed by atoms with E-state index in [0.717, 1.165) is 51.9 Å². The number of nitrogens with zero attached hydrogens (tertiary/aromatic N) is 1. The molecule has 0 bridgehead atoms. The highest BCUT2D eigenvalue weighted by atomic mass is 35.5. The number of piperazine rings is 1. The summed E-state index contributed by atoms with van der Waals surface area (Å²) in [7, 11) is 0. The highest BCUT2D eigenvalue weighted by Crippen LogP contribution is 2.41. The summed E-state index contributed by atoms with van der Waals surface area (Å²) in [5, 5.41) is 3.44. The summed E-state index contributed by atoms with van der Waals surface area (Å²) in [5.74, 6) is -0.671. The largest absolute Gasteiger partial charge is 0.314 e. The fourth-order valence-electron chi connectivity index (χ4n) is 3.96. The van der Waals surface area contributed by atoms with Crippen molar-refractivity contribution in [2.24, 2.45) is 5.92 Å². The Kier molecular flexibility index (Phi) is 5.32. The van der Waals surface area contributed by atoms with Crippen molar-refractivity contribution in [2.45, 2.75) is 38.1 Å². The van der Waals surface area contributed by atoms with Gasteiger partial charge in [0.1, 0.15) is 11.6 Å². The van der Waals surface area contributed by atoms with Crippen molar-refractivity contribution in [3.8, 4) is 0 Å². The Hall–Kier alpha value is -0.710. The normalized spacial score (nSPS) is 22.7. The summed E-state index contributed by atoms with van der Waals surface area (Å²) in [4.78, 5) is 2.25. The molecule has 0 aromatic heterocycles. The van der Waals surface area contributed by atoms with Crippen LogP contribution in [0.5, 0.6) is 0 Å². The molecule has 1 aromatic carbocycles. The highest BCUT2D eigenvalue weighted by molar-refractivity contribution is 6.30. The standard InChI is InChI=1S/C17H23ClF2N2/c18-13-10-14(19)16(15(20)11-13)17(12-4-2-1-3-5-12)22-8-6-21-7-9-22/h10-12,17,21H,1-9H2/t17-/m1/s1. The van der Waals surface area contributed by atoms with Gasteiger partial charge in [-0.1, -0.05) is 30.9 Å². The van der Waals surface area contributed by atoms with Gasteiger partial charge < -0.3 is 5.32 Å². The van der Waals surface area contributed by atoms with Gasteiger partial charge in [0.15, 0.2) is 0 Å². The molecule has 1 atom stereocenters. The molecule has 2 fully saturated rings. The first-order valence-electron chi connectivity index (χ1n) is 8.26. The molecule has 1 heterocycles. The van der Waals surface area contributed by atoms with Gasteiger partial charge in [0.25, 0.3) is 0 Å². The molecule has 1 aliphatic heterocycles. The molecule has 122 valence electrons. The second-order valence-electron chi connectivity index (χ2n) is 6.41. The topological polar surface area (TPSA) is 15.3 Å². The zero-order chi connectivity index (χ0) is 15.5. The molecular formula is C17H23ClF2N2. The monoisotopic (exact) mass is 328 g/mol. The van der Waals surface area contributed by atoms with Crippen LogP contribution >= 0.6 is 11.6 Å². The fraction of sp³-hybridized carbons (Fsp3) is 0.647. The van der Waals surface area contributed by atoms with Crippen LogP contribution in [0.2, 0.25) is 5.02 Å². The zero-order valence-electron chi connectivity index (χ0n) is 12.8. The highest BCUT2D eigenvalue weighted by Gasteiger charge is 2.34. The Balaban J connectivity index is 1.96. The van der Waals surface area contributed by atoms with Crippen molar-refractivity contribution in [1.82, 2.24) is 10.2 Å². The average molecular weight is 329 g/mol. The first-order valence-corrected chi connectivity index (χ1v) is 8.64. The molecule has 1 saturated carbocycles. The molecule has 22 heavy (non-hydrogen) atoms. The van der Waals surface area contributed by atoms with Crippen molar-refractivity contribution in [3.63, 3.8) is 0 Å². The lowest BCUT2D eigenvalue weighted by Gasteiger charge is -2.41. The SMILES string of the molecule is Fc1cc(Cl)cc(F)c1[C@@H](C1CCCCC1)N1CCNCC1. The van der Waals surface area contributed by atoms with Crippen LogP contribution in [-0.4, -0.2) is 31.1 Å². The first kappa shape index (κ1) is 16.2. The van der Waals surface area contributed by atoms with E-state index in [1.165, 1.54) is 18.6 Å². The van der Waals surface area contributed by atoms with Crippen molar-refractivity contribution >= 4 is 11.6 Å². The van der Waals surface area contributed by atoms with E-state index in [-0.39, 0.29) is 16.6 Å². The molecular weight excluding hydrogens is 306 g/mol. The zero-order valence-corrected chi connectivity index (χ0v) is 13.5. The quantitative estimate of drug-likeness (QED) is 0.897. The van der Waals surface area contributed by atoms with E-state index in [0.29, 0.717) is 5.92 Å². The predicted molar refractivity (Wildman–Crippen MR) is 85.1 cm³/mol. The van der Waals surface area contributed by atoms with Crippen LogP contribution in [0.1, 0.15) is 43.7 Å². The molecule has 1 aromatic rings. The first-order chi connectivity index (χ1) is 10.7. The molecule has 5 heteroatoms. The second-order valence-corrected chi connectivity index (χ2v) is 6.85. The van der Waals surface area contributed by atoms with Crippen molar-refractivity contribution in [2.75, 3.05) is 26.2 Å². The summed E-state index contributed by atoms with van der Waals surface area (Å²) < 4.78 is 29.0. The number of hydrogen-bond donors (Lipinski definition) is 1. The smallest absolute Gasteiger partial charge is 0.132 e. The predicted octanol–water partition coefficient (Wildman–Crippen LogP) is 4.14. The molecule has 0 unspecified atom stereocenters. The van der Waals surface area contributed by atoms with E-state index in [2.05, 4.69) is 10.2 Å². The Bertz CT molecular complexity index is 470. The van der Waals surface area contributed by atoms with Gasteiger partial charge in [-0.15, -0.1) is 0 Å². The molecule has 1 saturated heterocycles. The van der Waals surface area contributed by atoms with Crippen molar-refractivity contribution in [3.05, 3.63) is 34.4 Å². The third-order valence-corrected chi connectivity index (χ3v) is 5.20. The number of hydrogen-bond acceptors (Lipinski definition) is 2. The lowest BCUT2D eigenvalue weighted by atomic mass is 9.80. The summed E-state index contributed by atoms with van der Waals surface area (Å²) in [6, 6.07) is 2.33. The van der Waals surface area contributed by atoms with Gasteiger partial charge in [0, 0.05) is 42.8 Å². The van der Waals surface area contributed by atoms with Gasteiger partial charge >= 0.3 is 0 Å². The van der Waals surface area contributed by atoms with Gasteiger partial charge in [0.2, 0.25) is 0 Å². The van der Waals surface area contributed by atoms with E-state index in [1.807, 2.05) is 0 Å². The minimum atomic E-state index is -0.501. The maximum atomic E-state index is 14.5. The number of nitrogens with one attached hydrogen (secondary N) is 1. The van der Waals surface area contributed by atoms with E-state index < -0.39 is 11.6 Å². The van der Waals surface area contributed by atoms with Crippen LogP contribution in [0, 0.1) is 17.6 Å². The Morgan fingerprint density at radius 2 is 1.64 bits per heavy atom. The van der Waals surface area contributed by atoms with Gasteiger partial charge in [-0.2, -0.15) is 0 Å². The fourth-order valence-corrected chi connectivity index (χ4v) is 4.15. The number of benzene rings is 1. The molecule has 0 spiro atoms. The Morgan fingerprint density at radius 1 is 1.05 bits per heavy atom. The summed E-state index contributed by atoms with van der Waals surface area (Å²) in [6.07, 6.45) is 5.65. The van der Waals surface area contributed by atoms with Crippen molar-refractivity contribution < 1.29 is 8.78 Å². The van der Waals surface area contributed by atoms with E-state index in [1.54, 1.807) is 0 Å². The summed E-state index contributed by atoms with van der Waals surface area (Å²) in [5.41, 5.74) is 0.221. The minimum Gasteiger partial charge on any atom is -0.314 e. The summed E-state index contributed by atoms with van der Waals surface area (Å²) in [6.45, 7) is 3.42. The molecule has 1 aliphatic carbocycles. The van der Waals surface area contributed by atoms with Gasteiger partial charge in [-0.05, 0) is 30.9 Å². The number of halogens is 3. The summed E-state index contributed by atoms with van der Waals surface area (Å²) >= 11 is 5.79. The van der Waals surface area contributed by atoms with Gasteiger partial charge in [-0.25, -0.2) is 8.78 Å². The van der Waals surface area contributed by atoms with Crippen molar-refractivity contribution in [1.29, 1.82) is 0 Å². The third kappa shape index (κ3) is 3.44. The molecule has 0 radical (unpaired) electrons. The lowest BCUT2D eigenvalue weighted by molar-refractivity contribution is 0.0976. The molecule has 3 rings (SSSR count). The second kappa shape index (κ2) is 7.24. The number of rotatable bonds is 3. The van der Waals surface area contributed by atoms with E-state index in [4.69, 9.17) is 11.6 Å².